The first-order valence-electron chi connectivity index (χ1n) is 7.07. The largest absolute Gasteiger partial charge is 0.497 e. The molecule has 0 amide bonds. The number of anilines is 1. The first-order valence-corrected chi connectivity index (χ1v) is 9.43. The molecule has 1 aromatic carbocycles. The highest BCUT2D eigenvalue weighted by Gasteiger charge is 2.21. The molecular weight excluding hydrogens is 366 g/mol. The molecule has 0 fully saturated rings. The standard InChI is InChI=1S/C15H15N3O5S2/c1-9-16-15(17-23-9)10-6-14(24-8-10)25(19,20)18-12-5-4-11(21-2)7-13(12)22-3/h4-8,18H,1-3H3. The van der Waals surface area contributed by atoms with Crippen LogP contribution in [0.4, 0.5) is 5.69 Å². The van der Waals surface area contributed by atoms with Gasteiger partial charge in [-0.15, -0.1) is 11.3 Å². The van der Waals surface area contributed by atoms with Gasteiger partial charge >= 0.3 is 0 Å². The Labute approximate surface area is 148 Å². The smallest absolute Gasteiger partial charge is 0.271 e. The molecule has 2 heterocycles. The summed E-state index contributed by atoms with van der Waals surface area (Å²) in [5.74, 6) is 1.67. The van der Waals surface area contributed by atoms with Gasteiger partial charge in [-0.25, -0.2) is 8.42 Å². The summed E-state index contributed by atoms with van der Waals surface area (Å²) in [6, 6.07) is 6.31. The predicted molar refractivity (Wildman–Crippen MR) is 92.7 cm³/mol. The van der Waals surface area contributed by atoms with Gasteiger partial charge in [0.25, 0.3) is 10.0 Å². The van der Waals surface area contributed by atoms with Gasteiger partial charge in [-0.1, -0.05) is 5.16 Å². The Kier molecular flexibility index (Phi) is 4.64. The number of benzene rings is 1. The van der Waals surface area contributed by atoms with Gasteiger partial charge in [0.15, 0.2) is 0 Å². The van der Waals surface area contributed by atoms with Crippen molar-refractivity contribution < 1.29 is 22.4 Å². The lowest BCUT2D eigenvalue weighted by molar-refractivity contribution is 0.394. The Morgan fingerprint density at radius 1 is 1.20 bits per heavy atom. The van der Waals surface area contributed by atoms with Crippen molar-refractivity contribution in [3.63, 3.8) is 0 Å². The van der Waals surface area contributed by atoms with Crippen molar-refractivity contribution in [2.24, 2.45) is 0 Å². The van der Waals surface area contributed by atoms with Gasteiger partial charge in [0, 0.05) is 23.9 Å². The molecule has 3 rings (SSSR count). The number of hydrogen-bond acceptors (Lipinski definition) is 8. The zero-order valence-electron chi connectivity index (χ0n) is 13.6. The number of ether oxygens (including phenoxy) is 2. The summed E-state index contributed by atoms with van der Waals surface area (Å²) in [5, 5.41) is 5.44. The van der Waals surface area contributed by atoms with Crippen molar-refractivity contribution in [2.45, 2.75) is 11.1 Å². The molecule has 0 radical (unpaired) electrons. The summed E-state index contributed by atoms with van der Waals surface area (Å²) < 4.78 is 43.1. The van der Waals surface area contributed by atoms with Crippen LogP contribution in [0, 0.1) is 6.92 Å². The molecule has 1 N–H and O–H groups in total. The lowest BCUT2D eigenvalue weighted by Gasteiger charge is -2.12. The second-order valence-electron chi connectivity index (χ2n) is 4.96. The number of aromatic nitrogens is 2. The molecular formula is C15H15N3O5S2. The molecule has 0 saturated heterocycles. The minimum atomic E-state index is -3.78. The molecule has 0 saturated carbocycles. The molecule has 0 aliphatic rings. The summed E-state index contributed by atoms with van der Waals surface area (Å²) in [7, 11) is -0.812. The number of rotatable bonds is 6. The minimum absolute atomic E-state index is 0.128. The number of methoxy groups -OCH3 is 2. The first-order chi connectivity index (χ1) is 11.9. The number of nitrogens with one attached hydrogen (secondary N) is 1. The molecule has 2 aromatic heterocycles. The molecule has 10 heteroatoms. The van der Waals surface area contributed by atoms with E-state index in [9.17, 15) is 8.42 Å². The Balaban J connectivity index is 1.89. The molecule has 0 bridgehead atoms. The van der Waals surface area contributed by atoms with Gasteiger partial charge in [0.2, 0.25) is 11.7 Å². The van der Waals surface area contributed by atoms with E-state index in [1.165, 1.54) is 20.3 Å². The fourth-order valence-corrected chi connectivity index (χ4v) is 4.30. The van der Waals surface area contributed by atoms with E-state index in [2.05, 4.69) is 14.9 Å². The maximum atomic E-state index is 12.6. The van der Waals surface area contributed by atoms with Crippen LogP contribution in [0.15, 0.2) is 38.4 Å². The van der Waals surface area contributed by atoms with Crippen LogP contribution in [0.2, 0.25) is 0 Å². The van der Waals surface area contributed by atoms with Gasteiger partial charge in [-0.2, -0.15) is 4.98 Å². The van der Waals surface area contributed by atoms with E-state index in [-0.39, 0.29) is 4.21 Å². The SMILES string of the molecule is COc1ccc(NS(=O)(=O)c2cc(-c3noc(C)n3)cs2)c(OC)c1. The van der Waals surface area contributed by atoms with Crippen LogP contribution in [0.3, 0.4) is 0 Å². The highest BCUT2D eigenvalue weighted by atomic mass is 32.2. The van der Waals surface area contributed by atoms with Crippen LogP contribution in [0.25, 0.3) is 11.4 Å². The summed E-state index contributed by atoms with van der Waals surface area (Å²) in [5.41, 5.74) is 0.887. The number of sulfonamides is 1. The molecule has 3 aromatic rings. The third kappa shape index (κ3) is 3.59. The van der Waals surface area contributed by atoms with Crippen LogP contribution < -0.4 is 14.2 Å². The second kappa shape index (κ2) is 6.73. The fraction of sp³-hybridized carbons (Fsp3) is 0.200. The molecule has 0 aliphatic heterocycles. The molecule has 0 aliphatic carbocycles. The highest BCUT2D eigenvalue weighted by molar-refractivity contribution is 7.94. The summed E-state index contributed by atoms with van der Waals surface area (Å²) >= 11 is 1.06. The van der Waals surface area contributed by atoms with Crippen LogP contribution in [0.5, 0.6) is 11.5 Å². The normalized spacial score (nSPS) is 11.3. The third-order valence-electron chi connectivity index (χ3n) is 3.28. The van der Waals surface area contributed by atoms with E-state index < -0.39 is 10.0 Å². The Hall–Kier alpha value is -2.59. The van der Waals surface area contributed by atoms with E-state index in [0.717, 1.165) is 11.3 Å². The lowest BCUT2D eigenvalue weighted by Crippen LogP contribution is -2.12. The van der Waals surface area contributed by atoms with E-state index in [4.69, 9.17) is 14.0 Å². The molecule has 8 nitrogen and oxygen atoms in total. The number of hydrogen-bond donors (Lipinski definition) is 1. The van der Waals surface area contributed by atoms with Gasteiger partial charge in [-0.05, 0) is 18.2 Å². The predicted octanol–water partition coefficient (Wildman–Crippen LogP) is 2.92. The highest BCUT2D eigenvalue weighted by Crippen LogP contribution is 2.33. The van der Waals surface area contributed by atoms with Gasteiger partial charge < -0.3 is 14.0 Å². The lowest BCUT2D eigenvalue weighted by atomic mass is 10.3. The molecule has 132 valence electrons. The van der Waals surface area contributed by atoms with Crippen molar-refractivity contribution >= 4 is 27.0 Å². The molecule has 0 atom stereocenters. The van der Waals surface area contributed by atoms with E-state index in [0.29, 0.717) is 34.5 Å². The monoisotopic (exact) mass is 381 g/mol. The van der Waals surface area contributed by atoms with E-state index in [1.54, 1.807) is 30.5 Å². The summed E-state index contributed by atoms with van der Waals surface area (Å²) in [6.07, 6.45) is 0. The average molecular weight is 381 g/mol. The zero-order chi connectivity index (χ0) is 18.0. The van der Waals surface area contributed by atoms with Gasteiger partial charge in [-0.3, -0.25) is 4.72 Å². The summed E-state index contributed by atoms with van der Waals surface area (Å²) in [4.78, 5) is 4.09. The van der Waals surface area contributed by atoms with Crippen LogP contribution in [-0.4, -0.2) is 32.8 Å². The maximum absolute atomic E-state index is 12.6. The quantitative estimate of drug-likeness (QED) is 0.700. The fourth-order valence-electron chi connectivity index (χ4n) is 2.07. The van der Waals surface area contributed by atoms with Crippen molar-refractivity contribution in [3.8, 4) is 22.9 Å². The maximum Gasteiger partial charge on any atom is 0.271 e. The molecule has 0 unspecified atom stereocenters. The summed E-state index contributed by atoms with van der Waals surface area (Å²) in [6.45, 7) is 1.66. The van der Waals surface area contributed by atoms with Crippen molar-refractivity contribution in [1.29, 1.82) is 0 Å². The van der Waals surface area contributed by atoms with Crippen molar-refractivity contribution in [2.75, 3.05) is 18.9 Å². The number of thiophene rings is 1. The topological polar surface area (TPSA) is 104 Å². The minimum Gasteiger partial charge on any atom is -0.497 e. The Bertz CT molecular complexity index is 994. The third-order valence-corrected chi connectivity index (χ3v) is 6.08. The zero-order valence-corrected chi connectivity index (χ0v) is 15.3. The van der Waals surface area contributed by atoms with Crippen molar-refractivity contribution in [3.05, 3.63) is 35.5 Å². The number of nitrogens with zero attached hydrogens (tertiary/aromatic N) is 2. The van der Waals surface area contributed by atoms with Gasteiger partial charge in [0.05, 0.1) is 19.9 Å². The number of aryl methyl sites for hydroxylation is 1. The van der Waals surface area contributed by atoms with Crippen LogP contribution in [0.1, 0.15) is 5.89 Å². The Morgan fingerprint density at radius 3 is 2.64 bits per heavy atom. The Morgan fingerprint density at radius 2 is 2.00 bits per heavy atom. The first kappa shape index (κ1) is 17.2. The van der Waals surface area contributed by atoms with E-state index >= 15 is 0 Å². The van der Waals surface area contributed by atoms with Crippen molar-refractivity contribution in [1.82, 2.24) is 10.1 Å². The average Bonchev–Trinajstić information content (AvgIpc) is 3.24. The van der Waals surface area contributed by atoms with E-state index in [1.807, 2.05) is 0 Å². The second-order valence-corrected chi connectivity index (χ2v) is 7.78. The van der Waals surface area contributed by atoms with Crippen LogP contribution in [-0.2, 0) is 10.0 Å². The van der Waals surface area contributed by atoms with Gasteiger partial charge in [0.1, 0.15) is 15.7 Å². The van der Waals surface area contributed by atoms with Crippen LogP contribution >= 0.6 is 11.3 Å². The molecule has 25 heavy (non-hydrogen) atoms. The molecule has 0 spiro atoms.